The van der Waals surface area contributed by atoms with Gasteiger partial charge < -0.3 is 9.64 Å². The molecule has 160 valence electrons. The van der Waals surface area contributed by atoms with Crippen molar-refractivity contribution in [3.63, 3.8) is 0 Å². The highest BCUT2D eigenvalue weighted by molar-refractivity contribution is 5.71. The normalized spacial score (nSPS) is 13.7. The van der Waals surface area contributed by atoms with Gasteiger partial charge in [0.1, 0.15) is 13.1 Å². The summed E-state index contributed by atoms with van der Waals surface area (Å²) in [6.45, 7) is 6.50. The van der Waals surface area contributed by atoms with Crippen molar-refractivity contribution in [2.75, 3.05) is 32.8 Å². The Morgan fingerprint density at radius 2 is 1.44 bits per heavy atom. The van der Waals surface area contributed by atoms with Crippen LogP contribution in [0.4, 0.5) is 35.1 Å². The number of halogens is 8. The van der Waals surface area contributed by atoms with Crippen molar-refractivity contribution in [2.24, 2.45) is 0 Å². The number of hydrogen-bond acceptors (Lipinski definition) is 2. The Hall–Kier alpha value is -1.55. The van der Waals surface area contributed by atoms with Gasteiger partial charge >= 0.3 is 24.2 Å². The molecule has 0 aromatic heterocycles. The molecule has 0 N–H and O–H groups in total. The van der Waals surface area contributed by atoms with E-state index < -0.39 is 30.8 Å². The van der Waals surface area contributed by atoms with Gasteiger partial charge in [-0.05, 0) is 27.7 Å². The van der Waals surface area contributed by atoms with Crippen LogP contribution >= 0.6 is 0 Å². The standard InChI is InChI=1S/C16H25F8N2O/c1-5-25(6-2)9-12(10-26(7-3)8-4)27-11-14(19,20)16(23,24)15(21,22)13(17)18/h9-10,13H,5-8,11H2,1-4H3/q+1. The number of rotatable bonds is 12. The average molecular weight is 413 g/mol. The van der Waals surface area contributed by atoms with Crippen molar-refractivity contribution in [1.82, 2.24) is 4.90 Å². The van der Waals surface area contributed by atoms with Crippen LogP contribution in [-0.4, -0.2) is 72.7 Å². The summed E-state index contributed by atoms with van der Waals surface area (Å²) in [5.74, 6) is -18.3. The van der Waals surface area contributed by atoms with E-state index >= 15 is 0 Å². The molecule has 27 heavy (non-hydrogen) atoms. The molecule has 0 saturated heterocycles. The van der Waals surface area contributed by atoms with Gasteiger partial charge in [-0.1, -0.05) is 0 Å². The van der Waals surface area contributed by atoms with Crippen molar-refractivity contribution in [2.45, 2.75) is 51.9 Å². The number of hydrogen-bond donors (Lipinski definition) is 0. The lowest BCUT2D eigenvalue weighted by atomic mass is 10.1. The Morgan fingerprint density at radius 1 is 0.963 bits per heavy atom. The molecule has 0 spiro atoms. The molecule has 0 aliphatic carbocycles. The van der Waals surface area contributed by atoms with Crippen LogP contribution in [0.3, 0.4) is 0 Å². The van der Waals surface area contributed by atoms with E-state index in [1.165, 1.54) is 12.4 Å². The van der Waals surface area contributed by atoms with Crippen molar-refractivity contribution >= 4 is 6.21 Å². The SMILES string of the molecule is CCN(/C=C(/C=[N+](CC)CC)OCC(F)(F)C(F)(F)C(F)(F)C(F)F)CC. The summed E-state index contributed by atoms with van der Waals surface area (Å²) in [4.78, 5) is 1.60. The minimum absolute atomic E-state index is 0.279. The fourth-order valence-electron chi connectivity index (χ4n) is 1.93. The molecule has 0 aliphatic rings. The Morgan fingerprint density at radius 3 is 1.81 bits per heavy atom. The van der Waals surface area contributed by atoms with Crippen molar-refractivity contribution < 1.29 is 44.4 Å². The molecule has 0 saturated carbocycles. The minimum atomic E-state index is -6.29. The molecule has 0 amide bonds. The second-order valence-corrected chi connectivity index (χ2v) is 5.59. The van der Waals surface area contributed by atoms with Gasteiger partial charge in [0.05, 0.1) is 0 Å². The van der Waals surface area contributed by atoms with Crippen LogP contribution in [-0.2, 0) is 4.74 Å². The molecule has 0 aromatic rings. The van der Waals surface area contributed by atoms with E-state index in [1.54, 1.807) is 37.2 Å². The predicted molar refractivity (Wildman–Crippen MR) is 85.2 cm³/mol. The lowest BCUT2D eigenvalue weighted by molar-refractivity contribution is -0.516. The molecule has 0 atom stereocenters. The maximum absolute atomic E-state index is 13.7. The predicted octanol–water partition coefficient (Wildman–Crippen LogP) is 4.48. The lowest BCUT2D eigenvalue weighted by Crippen LogP contribution is -2.59. The maximum Gasteiger partial charge on any atom is 0.381 e. The van der Waals surface area contributed by atoms with E-state index in [2.05, 4.69) is 4.74 Å². The van der Waals surface area contributed by atoms with Crippen LogP contribution in [0.25, 0.3) is 0 Å². The topological polar surface area (TPSA) is 15.5 Å². The molecular weight excluding hydrogens is 388 g/mol. The molecule has 0 aromatic carbocycles. The second kappa shape index (κ2) is 10.1. The highest BCUT2D eigenvalue weighted by Crippen LogP contribution is 2.48. The Labute approximate surface area is 153 Å². The average Bonchev–Trinajstić information content (AvgIpc) is 2.60. The fourth-order valence-corrected chi connectivity index (χ4v) is 1.93. The quantitative estimate of drug-likeness (QED) is 0.203. The van der Waals surface area contributed by atoms with Gasteiger partial charge in [-0.25, -0.2) is 13.4 Å². The highest BCUT2D eigenvalue weighted by Gasteiger charge is 2.75. The van der Waals surface area contributed by atoms with Crippen molar-refractivity contribution in [1.29, 1.82) is 0 Å². The molecule has 3 nitrogen and oxygen atoms in total. The first-order chi connectivity index (χ1) is 12.3. The summed E-state index contributed by atoms with van der Waals surface area (Å²) in [6.07, 6.45) is -2.43. The number of nitrogens with zero attached hydrogens (tertiary/aromatic N) is 2. The smallest absolute Gasteiger partial charge is 0.381 e. The molecule has 0 aliphatic heterocycles. The van der Waals surface area contributed by atoms with Gasteiger partial charge in [0.15, 0.2) is 12.4 Å². The van der Waals surface area contributed by atoms with Crippen LogP contribution in [0.5, 0.6) is 0 Å². The highest BCUT2D eigenvalue weighted by atomic mass is 19.4. The third-order valence-corrected chi connectivity index (χ3v) is 3.82. The number of allylic oxidation sites excluding steroid dienone is 1. The lowest BCUT2D eigenvalue weighted by Gasteiger charge is -2.32. The Balaban J connectivity index is 5.66. The molecule has 0 fully saturated rings. The minimum Gasteiger partial charge on any atom is -0.480 e. The Kier molecular flexibility index (Phi) is 9.54. The zero-order chi connectivity index (χ0) is 21.5. The van der Waals surface area contributed by atoms with Crippen molar-refractivity contribution in [3.8, 4) is 0 Å². The van der Waals surface area contributed by atoms with Crippen LogP contribution in [0.2, 0.25) is 0 Å². The van der Waals surface area contributed by atoms with E-state index in [0.717, 1.165) is 0 Å². The summed E-state index contributed by atoms with van der Waals surface area (Å²) in [7, 11) is 0. The van der Waals surface area contributed by atoms with Gasteiger partial charge in [0.25, 0.3) is 0 Å². The summed E-state index contributed by atoms with van der Waals surface area (Å²) in [5, 5.41) is 0. The van der Waals surface area contributed by atoms with Crippen LogP contribution in [0.1, 0.15) is 27.7 Å². The Bertz CT molecular complexity index is 511. The third kappa shape index (κ3) is 6.24. The summed E-state index contributed by atoms with van der Waals surface area (Å²) in [6, 6.07) is 0. The maximum atomic E-state index is 13.7. The number of alkyl halides is 8. The van der Waals surface area contributed by atoms with Gasteiger partial charge in [0, 0.05) is 19.3 Å². The van der Waals surface area contributed by atoms with Crippen LogP contribution in [0, 0.1) is 0 Å². The summed E-state index contributed by atoms with van der Waals surface area (Å²) >= 11 is 0. The van der Waals surface area contributed by atoms with E-state index in [1.807, 2.05) is 0 Å². The van der Waals surface area contributed by atoms with Crippen LogP contribution < -0.4 is 0 Å². The molecular formula is C16H25F8N2O+. The summed E-state index contributed by atoms with van der Waals surface area (Å²) in [5.41, 5.74) is 0. The molecule has 0 radical (unpaired) electrons. The monoisotopic (exact) mass is 413 g/mol. The van der Waals surface area contributed by atoms with E-state index in [0.29, 0.717) is 26.2 Å². The molecule has 0 rings (SSSR count). The molecule has 11 heteroatoms. The largest absolute Gasteiger partial charge is 0.480 e. The third-order valence-electron chi connectivity index (χ3n) is 3.82. The van der Waals surface area contributed by atoms with E-state index in [-0.39, 0.29) is 5.76 Å². The second-order valence-electron chi connectivity index (χ2n) is 5.59. The van der Waals surface area contributed by atoms with E-state index in [9.17, 15) is 35.1 Å². The number of ether oxygens (including phenoxy) is 1. The molecule has 0 bridgehead atoms. The zero-order valence-electron chi connectivity index (χ0n) is 15.6. The van der Waals surface area contributed by atoms with E-state index in [4.69, 9.17) is 0 Å². The van der Waals surface area contributed by atoms with Gasteiger partial charge in [-0.2, -0.15) is 26.3 Å². The first-order valence-corrected chi connectivity index (χ1v) is 8.39. The molecule has 0 heterocycles. The molecule has 0 unspecified atom stereocenters. The van der Waals surface area contributed by atoms with Crippen molar-refractivity contribution in [3.05, 3.63) is 12.0 Å². The first kappa shape index (κ1) is 25.4. The van der Waals surface area contributed by atoms with Gasteiger partial charge in [0.2, 0.25) is 6.21 Å². The zero-order valence-corrected chi connectivity index (χ0v) is 15.6. The van der Waals surface area contributed by atoms with Gasteiger partial charge in [-0.3, -0.25) is 0 Å². The summed E-state index contributed by atoms with van der Waals surface area (Å²) < 4.78 is 110. The van der Waals surface area contributed by atoms with Crippen LogP contribution in [0.15, 0.2) is 12.0 Å². The first-order valence-electron chi connectivity index (χ1n) is 8.39. The fraction of sp³-hybridized carbons (Fsp3) is 0.812. The van der Waals surface area contributed by atoms with Gasteiger partial charge in [-0.15, -0.1) is 0 Å².